The fourth-order valence-corrected chi connectivity index (χ4v) is 2.85. The monoisotopic (exact) mass is 205 g/mol. The van der Waals surface area contributed by atoms with Crippen molar-refractivity contribution in [2.75, 3.05) is 18.9 Å². The molecule has 0 aromatic heterocycles. The minimum atomic E-state index is -0.759. The smallest absolute Gasteiger partial charge is 0.0691 e. The fraction of sp³-hybridized carbons (Fsp3) is 1.00. The molecule has 0 aromatic rings. The predicted molar refractivity (Wildman–Crippen MR) is 55.1 cm³/mol. The highest BCUT2D eigenvalue weighted by Gasteiger charge is 2.20. The van der Waals surface area contributed by atoms with E-state index in [4.69, 9.17) is 10.5 Å². The molecular weight excluding hydrogens is 186 g/mol. The van der Waals surface area contributed by atoms with E-state index in [1.165, 1.54) is 0 Å². The Morgan fingerprint density at radius 1 is 1.69 bits per heavy atom. The van der Waals surface area contributed by atoms with Crippen LogP contribution < -0.4 is 5.73 Å². The van der Waals surface area contributed by atoms with E-state index in [0.717, 1.165) is 25.9 Å². The Balaban J connectivity index is 2.22. The summed E-state index contributed by atoms with van der Waals surface area (Å²) in [6, 6.07) is 0. The summed E-state index contributed by atoms with van der Waals surface area (Å²) >= 11 is 0. The lowest BCUT2D eigenvalue weighted by Crippen LogP contribution is -2.24. The quantitative estimate of drug-likeness (QED) is 0.717. The molecule has 0 saturated carbocycles. The second-order valence-corrected chi connectivity index (χ2v) is 5.47. The minimum Gasteiger partial charge on any atom is -0.377 e. The Kier molecular flexibility index (Phi) is 4.91. The molecule has 1 aliphatic rings. The molecule has 3 nitrogen and oxygen atoms in total. The molecule has 1 aliphatic heterocycles. The van der Waals surface area contributed by atoms with E-state index in [9.17, 15) is 4.21 Å². The summed E-state index contributed by atoms with van der Waals surface area (Å²) in [5.74, 6) is 0.696. The highest BCUT2D eigenvalue weighted by molar-refractivity contribution is 7.85. The molecule has 0 spiro atoms. The van der Waals surface area contributed by atoms with Crippen molar-refractivity contribution in [3.8, 4) is 0 Å². The van der Waals surface area contributed by atoms with Crippen molar-refractivity contribution in [3.63, 3.8) is 0 Å². The molecule has 0 bridgehead atoms. The summed E-state index contributed by atoms with van der Waals surface area (Å²) in [7, 11) is -0.759. The van der Waals surface area contributed by atoms with Crippen molar-refractivity contribution in [1.29, 1.82) is 0 Å². The third-order valence-corrected chi connectivity index (χ3v) is 4.23. The first-order valence-corrected chi connectivity index (χ1v) is 6.31. The Bertz CT molecular complexity index is 169. The molecule has 3 atom stereocenters. The first-order chi connectivity index (χ1) is 6.24. The summed E-state index contributed by atoms with van der Waals surface area (Å²) in [4.78, 5) is 0. The van der Waals surface area contributed by atoms with Crippen LogP contribution in [0.1, 0.15) is 26.2 Å². The Hall–Kier alpha value is 0.0700. The SMILES string of the molecule is CC(CCN)S(=O)CC1CCCO1. The summed E-state index contributed by atoms with van der Waals surface area (Å²) in [6.07, 6.45) is 3.27. The maximum Gasteiger partial charge on any atom is 0.0691 e. The zero-order valence-corrected chi connectivity index (χ0v) is 9.02. The molecule has 0 aromatic carbocycles. The van der Waals surface area contributed by atoms with E-state index in [1.807, 2.05) is 6.92 Å². The number of ether oxygens (including phenoxy) is 1. The third kappa shape index (κ3) is 3.75. The summed E-state index contributed by atoms with van der Waals surface area (Å²) in [5.41, 5.74) is 5.41. The van der Waals surface area contributed by atoms with Gasteiger partial charge in [-0.15, -0.1) is 0 Å². The Labute approximate surface area is 82.5 Å². The number of hydrogen-bond acceptors (Lipinski definition) is 3. The normalized spacial score (nSPS) is 27.4. The molecule has 3 unspecified atom stereocenters. The van der Waals surface area contributed by atoms with Crippen molar-refractivity contribution >= 4 is 10.8 Å². The topological polar surface area (TPSA) is 52.3 Å². The van der Waals surface area contributed by atoms with Crippen LogP contribution in [0.3, 0.4) is 0 Å². The third-order valence-electron chi connectivity index (χ3n) is 2.40. The number of nitrogens with two attached hydrogens (primary N) is 1. The van der Waals surface area contributed by atoms with Crippen LogP contribution >= 0.6 is 0 Å². The average Bonchev–Trinajstić information content (AvgIpc) is 2.57. The Morgan fingerprint density at radius 3 is 3.00 bits per heavy atom. The van der Waals surface area contributed by atoms with Gasteiger partial charge in [0, 0.05) is 22.7 Å². The largest absolute Gasteiger partial charge is 0.377 e. The van der Waals surface area contributed by atoms with Gasteiger partial charge in [0.25, 0.3) is 0 Å². The minimum absolute atomic E-state index is 0.217. The van der Waals surface area contributed by atoms with E-state index in [-0.39, 0.29) is 11.4 Å². The molecule has 1 heterocycles. The van der Waals surface area contributed by atoms with Crippen LogP contribution in [0.2, 0.25) is 0 Å². The number of hydrogen-bond donors (Lipinski definition) is 1. The maximum atomic E-state index is 11.7. The van der Waals surface area contributed by atoms with Crippen LogP contribution in [-0.2, 0) is 15.5 Å². The number of rotatable bonds is 5. The van der Waals surface area contributed by atoms with Gasteiger partial charge < -0.3 is 10.5 Å². The lowest BCUT2D eigenvalue weighted by atomic mass is 10.3. The lowest BCUT2D eigenvalue weighted by Gasteiger charge is -2.13. The van der Waals surface area contributed by atoms with Gasteiger partial charge in [-0.3, -0.25) is 4.21 Å². The van der Waals surface area contributed by atoms with Crippen molar-refractivity contribution in [2.24, 2.45) is 5.73 Å². The van der Waals surface area contributed by atoms with E-state index >= 15 is 0 Å². The van der Waals surface area contributed by atoms with Gasteiger partial charge in [-0.05, 0) is 25.8 Å². The van der Waals surface area contributed by atoms with Gasteiger partial charge in [-0.2, -0.15) is 0 Å². The summed E-state index contributed by atoms with van der Waals surface area (Å²) in [6.45, 7) is 3.46. The van der Waals surface area contributed by atoms with Crippen LogP contribution in [0.15, 0.2) is 0 Å². The van der Waals surface area contributed by atoms with Gasteiger partial charge in [0.05, 0.1) is 11.9 Å². The molecule has 13 heavy (non-hydrogen) atoms. The molecule has 1 saturated heterocycles. The van der Waals surface area contributed by atoms with Gasteiger partial charge in [-0.25, -0.2) is 0 Å². The van der Waals surface area contributed by atoms with E-state index in [1.54, 1.807) is 0 Å². The summed E-state index contributed by atoms with van der Waals surface area (Å²) in [5, 5.41) is 0.217. The van der Waals surface area contributed by atoms with Crippen LogP contribution in [0, 0.1) is 0 Å². The predicted octanol–water partition coefficient (Wildman–Crippen LogP) is 0.651. The highest BCUT2D eigenvalue weighted by Crippen LogP contribution is 2.14. The summed E-state index contributed by atoms with van der Waals surface area (Å²) < 4.78 is 17.1. The molecule has 78 valence electrons. The molecule has 0 radical (unpaired) electrons. The molecule has 4 heteroatoms. The van der Waals surface area contributed by atoms with Gasteiger partial charge in [0.2, 0.25) is 0 Å². The zero-order chi connectivity index (χ0) is 9.68. The van der Waals surface area contributed by atoms with Crippen molar-refractivity contribution in [2.45, 2.75) is 37.5 Å². The van der Waals surface area contributed by atoms with Gasteiger partial charge >= 0.3 is 0 Å². The van der Waals surface area contributed by atoms with Gasteiger partial charge in [-0.1, -0.05) is 6.92 Å². The molecule has 0 amide bonds. The van der Waals surface area contributed by atoms with Crippen LogP contribution in [0.25, 0.3) is 0 Å². The molecular formula is C9H19NO2S. The van der Waals surface area contributed by atoms with E-state index in [0.29, 0.717) is 12.3 Å². The molecule has 0 aliphatic carbocycles. The van der Waals surface area contributed by atoms with Crippen molar-refractivity contribution < 1.29 is 8.95 Å². The van der Waals surface area contributed by atoms with Gasteiger partial charge in [0.1, 0.15) is 0 Å². The molecule has 2 N–H and O–H groups in total. The fourth-order valence-electron chi connectivity index (χ4n) is 1.49. The first kappa shape index (κ1) is 11.1. The van der Waals surface area contributed by atoms with Crippen molar-refractivity contribution in [1.82, 2.24) is 0 Å². The maximum absolute atomic E-state index is 11.7. The van der Waals surface area contributed by atoms with E-state index in [2.05, 4.69) is 0 Å². The van der Waals surface area contributed by atoms with Crippen LogP contribution in [-0.4, -0.2) is 34.5 Å². The van der Waals surface area contributed by atoms with Crippen molar-refractivity contribution in [3.05, 3.63) is 0 Å². The Morgan fingerprint density at radius 2 is 2.46 bits per heavy atom. The second kappa shape index (κ2) is 5.73. The molecule has 1 fully saturated rings. The highest BCUT2D eigenvalue weighted by atomic mass is 32.2. The first-order valence-electron chi connectivity index (χ1n) is 4.93. The average molecular weight is 205 g/mol. The standard InChI is InChI=1S/C9H19NO2S/c1-8(4-5-10)13(11)7-9-3-2-6-12-9/h8-9H,2-7,10H2,1H3. The zero-order valence-electron chi connectivity index (χ0n) is 8.20. The van der Waals surface area contributed by atoms with Crippen LogP contribution in [0.4, 0.5) is 0 Å². The second-order valence-electron chi connectivity index (χ2n) is 3.57. The molecule has 1 rings (SSSR count). The van der Waals surface area contributed by atoms with E-state index < -0.39 is 10.8 Å². The van der Waals surface area contributed by atoms with Gasteiger partial charge in [0.15, 0.2) is 0 Å². The van der Waals surface area contributed by atoms with Crippen LogP contribution in [0.5, 0.6) is 0 Å². The lowest BCUT2D eigenvalue weighted by molar-refractivity contribution is 0.128.